The number of thiophene rings is 1. The fourth-order valence-corrected chi connectivity index (χ4v) is 4.47. The summed E-state index contributed by atoms with van der Waals surface area (Å²) in [5.74, 6) is -0.608. The molecule has 0 radical (unpaired) electrons. The number of amides is 1. The van der Waals surface area contributed by atoms with Gasteiger partial charge in [0.25, 0.3) is 0 Å². The molecule has 0 aromatic carbocycles. The number of nitrogens with zero attached hydrogens (tertiary/aromatic N) is 3. The Morgan fingerprint density at radius 2 is 2.06 bits per heavy atom. The molecule has 1 atom stereocenters. The van der Waals surface area contributed by atoms with E-state index in [1.165, 1.54) is 22.5 Å². The number of anilines is 1. The molecule has 0 unspecified atom stereocenters. The number of carboxylic acids is 1. The van der Waals surface area contributed by atoms with E-state index >= 15 is 0 Å². The van der Waals surface area contributed by atoms with Crippen LogP contribution in [0.5, 0.6) is 0 Å². The van der Waals surface area contributed by atoms with Gasteiger partial charge in [-0.25, -0.2) is 9.78 Å². The van der Waals surface area contributed by atoms with Crippen LogP contribution in [-0.4, -0.2) is 32.7 Å². The van der Waals surface area contributed by atoms with Crippen LogP contribution in [0.1, 0.15) is 43.9 Å². The molecule has 1 N–H and O–H groups in total. The number of hydrogen-bond donors (Lipinski definition) is 1. The largest absolute Gasteiger partial charge is 0.481 e. The highest BCUT2D eigenvalue weighted by atomic mass is 35.5. The second-order valence-electron chi connectivity index (χ2n) is 8.23. The van der Waals surface area contributed by atoms with Crippen molar-refractivity contribution >= 4 is 51.0 Å². The van der Waals surface area contributed by atoms with E-state index in [0.717, 1.165) is 10.4 Å². The van der Waals surface area contributed by atoms with Crippen LogP contribution in [0.15, 0.2) is 22.8 Å². The SMILES string of the molecule is Cc1c(C[C@H](C)C(=O)O)sc2c(N(Cc3ccco3)C(=O)OC(C)(C)C)nc(Cl)nc12. The average Bonchev–Trinajstić information content (AvgIpc) is 3.27. The van der Waals surface area contributed by atoms with Crippen molar-refractivity contribution in [1.82, 2.24) is 9.97 Å². The number of hydrogen-bond acceptors (Lipinski definition) is 7. The van der Waals surface area contributed by atoms with E-state index in [1.54, 1.807) is 39.8 Å². The quantitative estimate of drug-likeness (QED) is 0.482. The summed E-state index contributed by atoms with van der Waals surface area (Å²) in [6, 6.07) is 3.48. The number of carboxylic acid groups (broad SMARTS) is 1. The molecule has 0 saturated carbocycles. The number of carbonyl (C=O) groups excluding carboxylic acids is 1. The van der Waals surface area contributed by atoms with Gasteiger partial charge in [-0.2, -0.15) is 4.98 Å². The highest BCUT2D eigenvalue weighted by Crippen LogP contribution is 2.38. The number of furan rings is 1. The number of aliphatic carboxylic acids is 1. The molecule has 0 saturated heterocycles. The Bertz CT molecular complexity index is 1100. The van der Waals surface area contributed by atoms with Crippen LogP contribution < -0.4 is 4.90 Å². The molecule has 0 spiro atoms. The number of aromatic nitrogens is 2. The molecule has 0 fully saturated rings. The van der Waals surface area contributed by atoms with E-state index < -0.39 is 23.6 Å². The monoisotopic (exact) mass is 465 g/mol. The molecule has 0 aliphatic carbocycles. The normalized spacial score (nSPS) is 12.7. The molecule has 3 aromatic heterocycles. The van der Waals surface area contributed by atoms with Crippen LogP contribution in [0, 0.1) is 12.8 Å². The summed E-state index contributed by atoms with van der Waals surface area (Å²) in [4.78, 5) is 35.3. The van der Waals surface area contributed by atoms with Gasteiger partial charge in [-0.3, -0.25) is 9.69 Å². The van der Waals surface area contributed by atoms with E-state index in [0.29, 0.717) is 28.2 Å². The number of ether oxygens (including phenoxy) is 1. The minimum atomic E-state index is -0.880. The molecule has 0 bridgehead atoms. The fourth-order valence-electron chi connectivity index (χ4n) is 2.94. The zero-order valence-corrected chi connectivity index (χ0v) is 19.5. The molecule has 1 amide bonds. The molecule has 3 rings (SSSR count). The zero-order valence-electron chi connectivity index (χ0n) is 17.9. The summed E-state index contributed by atoms with van der Waals surface area (Å²) < 4.78 is 11.7. The lowest BCUT2D eigenvalue weighted by molar-refractivity contribution is -0.141. The van der Waals surface area contributed by atoms with Crippen molar-refractivity contribution in [2.24, 2.45) is 5.92 Å². The van der Waals surface area contributed by atoms with Gasteiger partial charge < -0.3 is 14.3 Å². The third kappa shape index (κ3) is 5.34. The number of carbonyl (C=O) groups is 2. The van der Waals surface area contributed by atoms with Crippen molar-refractivity contribution in [3.05, 3.63) is 39.9 Å². The van der Waals surface area contributed by atoms with Crippen molar-refractivity contribution in [1.29, 1.82) is 0 Å². The van der Waals surface area contributed by atoms with Gasteiger partial charge >= 0.3 is 12.1 Å². The topological polar surface area (TPSA) is 106 Å². The third-order valence-electron chi connectivity index (χ3n) is 4.50. The third-order valence-corrected chi connectivity index (χ3v) is 5.96. The van der Waals surface area contributed by atoms with Gasteiger partial charge in [0.2, 0.25) is 5.28 Å². The van der Waals surface area contributed by atoms with Crippen molar-refractivity contribution in [2.75, 3.05) is 4.90 Å². The van der Waals surface area contributed by atoms with Gasteiger partial charge in [0.1, 0.15) is 11.4 Å². The summed E-state index contributed by atoms with van der Waals surface area (Å²) >= 11 is 7.57. The first-order valence-electron chi connectivity index (χ1n) is 9.67. The summed E-state index contributed by atoms with van der Waals surface area (Å²) in [5, 5.41) is 9.28. The van der Waals surface area contributed by atoms with E-state index in [9.17, 15) is 14.7 Å². The van der Waals surface area contributed by atoms with Gasteiger partial charge in [0.15, 0.2) is 5.82 Å². The Balaban J connectivity index is 2.12. The lowest BCUT2D eigenvalue weighted by Gasteiger charge is -2.26. The summed E-state index contributed by atoms with van der Waals surface area (Å²) in [7, 11) is 0. The van der Waals surface area contributed by atoms with Crippen LogP contribution >= 0.6 is 22.9 Å². The van der Waals surface area contributed by atoms with Crippen LogP contribution in [0.2, 0.25) is 5.28 Å². The summed E-state index contributed by atoms with van der Waals surface area (Å²) in [6.45, 7) is 8.93. The molecule has 0 aliphatic heterocycles. The van der Waals surface area contributed by atoms with Crippen LogP contribution in [0.4, 0.5) is 10.6 Å². The molecular weight excluding hydrogens is 442 g/mol. The molecule has 3 heterocycles. The first-order valence-corrected chi connectivity index (χ1v) is 10.9. The summed E-state index contributed by atoms with van der Waals surface area (Å²) in [6.07, 6.45) is 1.25. The smallest absolute Gasteiger partial charge is 0.416 e. The Morgan fingerprint density at radius 3 is 2.65 bits per heavy atom. The van der Waals surface area contributed by atoms with Crippen molar-refractivity contribution in [3.8, 4) is 0 Å². The number of rotatable bonds is 6. The predicted molar refractivity (Wildman–Crippen MR) is 119 cm³/mol. The standard InChI is InChI=1S/C21H24ClN3O5S/c1-11(18(26)27)9-14-12(2)15-16(31-14)17(24-19(22)23-15)25(10-13-7-6-8-29-13)20(28)30-21(3,4)5/h6-8,11H,9-10H2,1-5H3,(H,26,27)/t11-/m0/s1. The van der Waals surface area contributed by atoms with Crippen molar-refractivity contribution in [3.63, 3.8) is 0 Å². The minimum absolute atomic E-state index is 0.0192. The second kappa shape index (κ2) is 8.84. The predicted octanol–water partition coefficient (Wildman–Crippen LogP) is 5.45. The maximum Gasteiger partial charge on any atom is 0.416 e. The number of fused-ring (bicyclic) bond motifs is 1. The highest BCUT2D eigenvalue weighted by molar-refractivity contribution is 7.19. The molecule has 166 valence electrons. The molecule has 31 heavy (non-hydrogen) atoms. The zero-order chi connectivity index (χ0) is 22.9. The van der Waals surface area contributed by atoms with Crippen LogP contribution in [0.3, 0.4) is 0 Å². The second-order valence-corrected chi connectivity index (χ2v) is 9.68. The van der Waals surface area contributed by atoms with E-state index in [-0.39, 0.29) is 11.8 Å². The Kier molecular flexibility index (Phi) is 6.56. The van der Waals surface area contributed by atoms with Crippen LogP contribution in [0.25, 0.3) is 10.2 Å². The number of aryl methyl sites for hydroxylation is 1. The lowest BCUT2D eigenvalue weighted by Crippen LogP contribution is -2.37. The highest BCUT2D eigenvalue weighted by Gasteiger charge is 2.29. The van der Waals surface area contributed by atoms with Gasteiger partial charge in [-0.05, 0) is 63.4 Å². The molecule has 3 aromatic rings. The van der Waals surface area contributed by atoms with Gasteiger partial charge in [0.05, 0.1) is 28.9 Å². The van der Waals surface area contributed by atoms with Crippen LogP contribution in [-0.2, 0) is 22.5 Å². The Labute approximate surface area is 188 Å². The lowest BCUT2D eigenvalue weighted by atomic mass is 10.1. The van der Waals surface area contributed by atoms with Gasteiger partial charge in [-0.15, -0.1) is 11.3 Å². The Morgan fingerprint density at radius 1 is 1.35 bits per heavy atom. The first kappa shape index (κ1) is 23.0. The maximum atomic E-state index is 13.1. The van der Waals surface area contributed by atoms with E-state index in [4.69, 9.17) is 20.8 Å². The van der Waals surface area contributed by atoms with Gasteiger partial charge in [-0.1, -0.05) is 6.92 Å². The van der Waals surface area contributed by atoms with E-state index in [2.05, 4.69) is 9.97 Å². The average molecular weight is 466 g/mol. The fraction of sp³-hybridized carbons (Fsp3) is 0.429. The molecule has 0 aliphatic rings. The minimum Gasteiger partial charge on any atom is -0.481 e. The molecule has 8 nitrogen and oxygen atoms in total. The Hall–Kier alpha value is -2.65. The summed E-state index contributed by atoms with van der Waals surface area (Å²) in [5.41, 5.74) is 0.684. The van der Waals surface area contributed by atoms with Gasteiger partial charge in [0, 0.05) is 4.88 Å². The van der Waals surface area contributed by atoms with Crippen molar-refractivity contribution in [2.45, 2.75) is 53.2 Å². The molecule has 10 heteroatoms. The first-order chi connectivity index (χ1) is 14.5. The van der Waals surface area contributed by atoms with Crippen molar-refractivity contribution < 1.29 is 23.8 Å². The molecular formula is C21H24ClN3O5S. The van der Waals surface area contributed by atoms with E-state index in [1.807, 2.05) is 6.92 Å². The number of halogens is 1. The maximum absolute atomic E-state index is 13.1.